The Kier molecular flexibility index (Phi) is 6.95. The molecule has 1 aromatic rings. The van der Waals surface area contributed by atoms with Crippen molar-refractivity contribution in [2.24, 2.45) is 0 Å². The molecular weight excluding hydrogens is 306 g/mol. The van der Waals surface area contributed by atoms with Gasteiger partial charge in [0.25, 0.3) is 0 Å². The van der Waals surface area contributed by atoms with Crippen LogP contribution < -0.4 is 14.8 Å². The van der Waals surface area contributed by atoms with Crippen LogP contribution in [-0.4, -0.2) is 27.3 Å². The maximum Gasteiger partial charge on any atom is 0.161 e. The number of nitrogens with one attached hydrogen (secondary N) is 1. The van der Waals surface area contributed by atoms with Crippen molar-refractivity contribution in [1.29, 1.82) is 0 Å². The van der Waals surface area contributed by atoms with Gasteiger partial charge in [-0.3, -0.25) is 0 Å². The third-order valence-electron chi connectivity index (χ3n) is 2.92. The van der Waals surface area contributed by atoms with Gasteiger partial charge in [-0.05, 0) is 30.7 Å². The van der Waals surface area contributed by atoms with Gasteiger partial charge in [0.1, 0.15) is 0 Å². The predicted octanol–water partition coefficient (Wildman–Crippen LogP) is 3.87. The quantitative estimate of drug-likeness (QED) is 0.824. The van der Waals surface area contributed by atoms with E-state index < -0.39 is 0 Å². The van der Waals surface area contributed by atoms with E-state index in [0.29, 0.717) is 0 Å². The highest BCUT2D eigenvalue weighted by Crippen LogP contribution is 2.34. The molecule has 106 valence electrons. The molecule has 0 spiro atoms. The summed E-state index contributed by atoms with van der Waals surface area (Å²) in [5.41, 5.74) is 2.46. The van der Waals surface area contributed by atoms with Crippen molar-refractivity contribution in [3.05, 3.63) is 27.7 Å². The number of likely N-dealkylation sites (N-methyl/N-ethyl adjacent to an activating group) is 1. The van der Waals surface area contributed by atoms with Crippen LogP contribution in [0.25, 0.3) is 6.08 Å². The summed E-state index contributed by atoms with van der Waals surface area (Å²) in [7, 11) is 3.29. The summed E-state index contributed by atoms with van der Waals surface area (Å²) in [6, 6.07) is 3.93. The molecule has 0 saturated carbocycles. The Hall–Kier alpha value is -1.00. The first kappa shape index (κ1) is 16.1. The molecule has 1 rings (SSSR count). The third-order valence-corrected chi connectivity index (χ3v) is 3.61. The number of hydrogen-bond donors (Lipinski definition) is 1. The van der Waals surface area contributed by atoms with Gasteiger partial charge >= 0.3 is 0 Å². The molecule has 1 N–H and O–H groups in total. The molecule has 3 nitrogen and oxygen atoms in total. The summed E-state index contributed by atoms with van der Waals surface area (Å²) >= 11 is 3.58. The summed E-state index contributed by atoms with van der Waals surface area (Å²) in [5, 5.41) is 3.35. The van der Waals surface area contributed by atoms with Crippen LogP contribution >= 0.6 is 15.9 Å². The van der Waals surface area contributed by atoms with Gasteiger partial charge in [-0.2, -0.15) is 0 Å². The molecule has 19 heavy (non-hydrogen) atoms. The minimum Gasteiger partial charge on any atom is -0.493 e. The van der Waals surface area contributed by atoms with Gasteiger partial charge in [0.15, 0.2) is 11.5 Å². The zero-order valence-corrected chi connectivity index (χ0v) is 13.6. The van der Waals surface area contributed by atoms with Crippen molar-refractivity contribution >= 4 is 22.0 Å². The Bertz CT molecular complexity index is 444. The predicted molar refractivity (Wildman–Crippen MR) is 84.1 cm³/mol. The number of rotatable bonds is 7. The van der Waals surface area contributed by atoms with Crippen molar-refractivity contribution in [1.82, 2.24) is 5.32 Å². The molecule has 0 radical (unpaired) electrons. The van der Waals surface area contributed by atoms with Gasteiger partial charge < -0.3 is 14.8 Å². The number of halogens is 1. The van der Waals surface area contributed by atoms with E-state index >= 15 is 0 Å². The van der Waals surface area contributed by atoms with Gasteiger partial charge in [-0.1, -0.05) is 41.4 Å². The Labute approximate surface area is 124 Å². The molecule has 0 bridgehead atoms. The summed E-state index contributed by atoms with van der Waals surface area (Å²) in [6.45, 7) is 6.16. The molecule has 0 amide bonds. The van der Waals surface area contributed by atoms with Gasteiger partial charge in [-0.25, -0.2) is 0 Å². The van der Waals surface area contributed by atoms with E-state index in [1.54, 1.807) is 14.2 Å². The number of ether oxygens (including phenoxy) is 2. The highest BCUT2D eigenvalue weighted by Gasteiger charge is 2.08. The zero-order valence-electron chi connectivity index (χ0n) is 12.0. The normalized spacial score (nSPS) is 11.5. The number of methoxy groups -OCH3 is 2. The minimum absolute atomic E-state index is 0.733. The monoisotopic (exact) mass is 327 g/mol. The van der Waals surface area contributed by atoms with Crippen molar-refractivity contribution < 1.29 is 9.47 Å². The van der Waals surface area contributed by atoms with Crippen LogP contribution in [0.5, 0.6) is 11.5 Å². The largest absolute Gasteiger partial charge is 0.493 e. The smallest absolute Gasteiger partial charge is 0.161 e. The van der Waals surface area contributed by atoms with Crippen LogP contribution in [0, 0.1) is 0 Å². The van der Waals surface area contributed by atoms with Crippen molar-refractivity contribution in [3.63, 3.8) is 0 Å². The Morgan fingerprint density at radius 2 is 1.84 bits per heavy atom. The average molecular weight is 328 g/mol. The topological polar surface area (TPSA) is 30.5 Å². The van der Waals surface area contributed by atoms with Gasteiger partial charge in [-0.15, -0.1) is 0 Å². The summed E-state index contributed by atoms with van der Waals surface area (Å²) in [4.78, 5) is 0. The number of hydrogen-bond acceptors (Lipinski definition) is 3. The van der Waals surface area contributed by atoms with Crippen LogP contribution in [0.4, 0.5) is 0 Å². The second-order valence-electron chi connectivity index (χ2n) is 4.17. The summed E-state index contributed by atoms with van der Waals surface area (Å²) in [5.74, 6) is 1.48. The van der Waals surface area contributed by atoms with E-state index in [1.807, 2.05) is 12.1 Å². The molecule has 0 aliphatic rings. The average Bonchev–Trinajstić information content (AvgIpc) is 2.44. The first-order valence-corrected chi connectivity index (χ1v) is 7.27. The second-order valence-corrected chi connectivity index (χ2v) is 5.02. The Morgan fingerprint density at radius 3 is 2.37 bits per heavy atom. The van der Waals surface area contributed by atoms with Crippen LogP contribution in [-0.2, 0) is 0 Å². The van der Waals surface area contributed by atoms with Crippen LogP contribution in [0.1, 0.15) is 25.8 Å². The molecule has 0 aromatic heterocycles. The molecule has 0 atom stereocenters. The van der Waals surface area contributed by atoms with E-state index in [-0.39, 0.29) is 0 Å². The molecule has 0 saturated heterocycles. The minimum atomic E-state index is 0.733. The molecule has 0 aliphatic carbocycles. The summed E-state index contributed by atoms with van der Waals surface area (Å²) < 4.78 is 11.6. The lowest BCUT2D eigenvalue weighted by atomic mass is 10.1. The fourth-order valence-corrected chi connectivity index (χ4v) is 2.20. The maximum absolute atomic E-state index is 5.34. The number of benzene rings is 1. The SMILES string of the molecule is CCNCC(=Cc1cc(OC)c(OC)cc1Br)CC. The molecule has 0 aliphatic heterocycles. The third kappa shape index (κ3) is 4.55. The first-order valence-electron chi connectivity index (χ1n) is 6.47. The Balaban J connectivity index is 3.08. The van der Waals surface area contributed by atoms with E-state index in [4.69, 9.17) is 9.47 Å². The fraction of sp³-hybridized carbons (Fsp3) is 0.467. The van der Waals surface area contributed by atoms with Crippen LogP contribution in [0.15, 0.2) is 22.2 Å². The second kappa shape index (κ2) is 8.23. The highest BCUT2D eigenvalue weighted by molar-refractivity contribution is 9.10. The standard InChI is InChI=1S/C15H22BrNO2/c1-5-11(10-17-6-2)7-12-8-14(18-3)15(19-4)9-13(12)16/h7-9,17H,5-6,10H2,1-4H3. The molecule has 0 unspecified atom stereocenters. The molecule has 1 aromatic carbocycles. The highest BCUT2D eigenvalue weighted by atomic mass is 79.9. The molecular formula is C15H22BrNO2. The van der Waals surface area contributed by atoms with E-state index in [0.717, 1.165) is 41.0 Å². The fourth-order valence-electron chi connectivity index (χ4n) is 1.76. The van der Waals surface area contributed by atoms with Crippen LogP contribution in [0.2, 0.25) is 0 Å². The van der Waals surface area contributed by atoms with Crippen molar-refractivity contribution in [3.8, 4) is 11.5 Å². The van der Waals surface area contributed by atoms with Crippen molar-refractivity contribution in [2.45, 2.75) is 20.3 Å². The zero-order chi connectivity index (χ0) is 14.3. The van der Waals surface area contributed by atoms with Gasteiger partial charge in [0, 0.05) is 11.0 Å². The summed E-state index contributed by atoms with van der Waals surface area (Å²) in [6.07, 6.45) is 3.21. The molecule has 4 heteroatoms. The van der Waals surface area contributed by atoms with E-state index in [1.165, 1.54) is 5.57 Å². The maximum atomic E-state index is 5.34. The van der Waals surface area contributed by atoms with Gasteiger partial charge in [0.2, 0.25) is 0 Å². The molecule has 0 fully saturated rings. The lowest BCUT2D eigenvalue weighted by Crippen LogP contribution is -2.15. The first-order chi connectivity index (χ1) is 9.15. The van der Waals surface area contributed by atoms with E-state index in [2.05, 4.69) is 41.2 Å². The van der Waals surface area contributed by atoms with Crippen LogP contribution in [0.3, 0.4) is 0 Å². The Morgan fingerprint density at radius 1 is 1.21 bits per heavy atom. The lowest BCUT2D eigenvalue weighted by molar-refractivity contribution is 0.354. The van der Waals surface area contributed by atoms with Crippen molar-refractivity contribution in [2.75, 3.05) is 27.3 Å². The lowest BCUT2D eigenvalue weighted by Gasteiger charge is -2.11. The molecule has 0 heterocycles. The van der Waals surface area contributed by atoms with E-state index in [9.17, 15) is 0 Å². The van der Waals surface area contributed by atoms with Gasteiger partial charge in [0.05, 0.1) is 14.2 Å².